The van der Waals surface area contributed by atoms with Gasteiger partial charge in [0.15, 0.2) is 0 Å². The Morgan fingerprint density at radius 3 is 2.57 bits per heavy atom. The Kier molecular flexibility index (Phi) is 7.17. The molecule has 0 saturated carbocycles. The number of hydrogen-bond acceptors (Lipinski definition) is 5. The van der Waals surface area contributed by atoms with Crippen LogP contribution in [0.3, 0.4) is 0 Å². The number of esters is 1. The number of hydrogen-bond donors (Lipinski definition) is 1. The second-order valence-electron chi connectivity index (χ2n) is 6.87. The van der Waals surface area contributed by atoms with Gasteiger partial charge >= 0.3 is 5.97 Å². The Morgan fingerprint density at radius 2 is 1.96 bits per heavy atom. The highest BCUT2D eigenvalue weighted by atomic mass is 32.1. The van der Waals surface area contributed by atoms with E-state index in [0.717, 1.165) is 10.4 Å². The van der Waals surface area contributed by atoms with Crippen molar-refractivity contribution in [1.29, 1.82) is 0 Å². The van der Waals surface area contributed by atoms with Crippen molar-refractivity contribution in [2.45, 2.75) is 25.8 Å². The fourth-order valence-corrected chi connectivity index (χ4v) is 4.23. The van der Waals surface area contributed by atoms with Crippen LogP contribution in [0.5, 0.6) is 0 Å². The highest BCUT2D eigenvalue weighted by Gasteiger charge is 2.27. The van der Waals surface area contributed by atoms with Crippen LogP contribution in [0.2, 0.25) is 0 Å². The fraction of sp³-hybridized carbons (Fsp3) is 0.429. The third-order valence-corrected chi connectivity index (χ3v) is 5.85. The van der Waals surface area contributed by atoms with Gasteiger partial charge in [0, 0.05) is 4.88 Å². The molecular formula is C21H25FN2O3S. The number of rotatable bonds is 7. The average Bonchev–Trinajstić information content (AvgIpc) is 3.22. The van der Waals surface area contributed by atoms with E-state index in [1.807, 2.05) is 24.4 Å². The molecule has 1 N–H and O–H groups in total. The molecule has 1 aromatic heterocycles. The van der Waals surface area contributed by atoms with Crippen LogP contribution in [0.25, 0.3) is 0 Å². The van der Waals surface area contributed by atoms with Gasteiger partial charge in [-0.3, -0.25) is 14.5 Å². The molecule has 1 aliphatic heterocycles. The van der Waals surface area contributed by atoms with Crippen LogP contribution in [0, 0.1) is 11.7 Å². The predicted molar refractivity (Wildman–Crippen MR) is 107 cm³/mol. The molecule has 28 heavy (non-hydrogen) atoms. The van der Waals surface area contributed by atoms with E-state index in [2.05, 4.69) is 10.2 Å². The van der Waals surface area contributed by atoms with Gasteiger partial charge in [-0.2, -0.15) is 0 Å². The van der Waals surface area contributed by atoms with Crippen molar-refractivity contribution >= 4 is 23.2 Å². The Morgan fingerprint density at radius 1 is 1.25 bits per heavy atom. The zero-order chi connectivity index (χ0) is 19.9. The summed E-state index contributed by atoms with van der Waals surface area (Å²) in [5.74, 6) is -0.597. The SMILES string of the molecule is CCOC(=O)C1CCN(CC(=O)NC(c2ccc(F)cc2)c2cccs2)CC1. The second kappa shape index (κ2) is 9.80. The summed E-state index contributed by atoms with van der Waals surface area (Å²) in [6.45, 7) is 3.87. The number of likely N-dealkylation sites (tertiary alicyclic amines) is 1. The molecule has 0 aliphatic carbocycles. The Bertz CT molecular complexity index is 771. The summed E-state index contributed by atoms with van der Waals surface area (Å²) >= 11 is 1.55. The van der Waals surface area contributed by atoms with E-state index in [1.54, 1.807) is 23.5 Å². The molecule has 5 nitrogen and oxygen atoms in total. The molecule has 2 heterocycles. The number of nitrogens with one attached hydrogen (secondary N) is 1. The van der Waals surface area contributed by atoms with Gasteiger partial charge in [-0.1, -0.05) is 18.2 Å². The van der Waals surface area contributed by atoms with Crippen molar-refractivity contribution in [3.8, 4) is 0 Å². The first kappa shape index (κ1) is 20.5. The maximum atomic E-state index is 13.3. The molecule has 3 rings (SSSR count). The zero-order valence-corrected chi connectivity index (χ0v) is 16.7. The summed E-state index contributed by atoms with van der Waals surface area (Å²) in [5, 5.41) is 5.03. The Labute approximate surface area is 168 Å². The summed E-state index contributed by atoms with van der Waals surface area (Å²) in [6, 6.07) is 9.80. The molecule has 1 aliphatic rings. The Balaban J connectivity index is 1.58. The first-order valence-electron chi connectivity index (χ1n) is 9.54. The van der Waals surface area contributed by atoms with Crippen LogP contribution in [0.1, 0.15) is 36.2 Å². The number of piperidine rings is 1. The molecule has 7 heteroatoms. The number of amides is 1. The molecule has 1 fully saturated rings. The van der Waals surface area contributed by atoms with Gasteiger partial charge in [0.2, 0.25) is 5.91 Å². The van der Waals surface area contributed by atoms with Crippen LogP contribution in [0.4, 0.5) is 4.39 Å². The van der Waals surface area contributed by atoms with Gasteiger partial charge in [0.1, 0.15) is 5.82 Å². The molecule has 0 bridgehead atoms. The van der Waals surface area contributed by atoms with E-state index >= 15 is 0 Å². The number of carbonyl (C=O) groups is 2. The van der Waals surface area contributed by atoms with Crippen molar-refractivity contribution in [3.63, 3.8) is 0 Å². The topological polar surface area (TPSA) is 58.6 Å². The van der Waals surface area contributed by atoms with Crippen molar-refractivity contribution in [2.75, 3.05) is 26.2 Å². The fourth-order valence-electron chi connectivity index (χ4n) is 3.43. The molecule has 150 valence electrons. The van der Waals surface area contributed by atoms with Crippen molar-refractivity contribution < 1.29 is 18.7 Å². The number of halogens is 1. The molecule has 1 saturated heterocycles. The van der Waals surface area contributed by atoms with Crippen LogP contribution in [-0.4, -0.2) is 43.0 Å². The minimum Gasteiger partial charge on any atom is -0.466 e. The predicted octanol–water partition coefficient (Wildman–Crippen LogP) is 3.37. The number of thiophene rings is 1. The highest BCUT2D eigenvalue weighted by molar-refractivity contribution is 7.10. The quantitative estimate of drug-likeness (QED) is 0.719. The normalized spacial score (nSPS) is 16.5. The molecular weight excluding hydrogens is 379 g/mol. The van der Waals surface area contributed by atoms with Crippen LogP contribution >= 0.6 is 11.3 Å². The van der Waals surface area contributed by atoms with Crippen molar-refractivity contribution in [1.82, 2.24) is 10.2 Å². The minimum absolute atomic E-state index is 0.0719. The van der Waals surface area contributed by atoms with Gasteiger partial charge in [-0.05, 0) is 62.0 Å². The molecule has 2 aromatic rings. The van der Waals surface area contributed by atoms with Gasteiger partial charge in [0.25, 0.3) is 0 Å². The summed E-state index contributed by atoms with van der Waals surface area (Å²) in [4.78, 5) is 27.6. The van der Waals surface area contributed by atoms with Crippen molar-refractivity contribution in [3.05, 3.63) is 58.0 Å². The molecule has 1 atom stereocenters. The lowest BCUT2D eigenvalue weighted by Gasteiger charge is -2.30. The number of ether oxygens (including phenoxy) is 1. The maximum absolute atomic E-state index is 13.3. The number of nitrogens with zero attached hydrogens (tertiary/aromatic N) is 1. The van der Waals surface area contributed by atoms with E-state index in [-0.39, 0.29) is 36.2 Å². The number of carbonyl (C=O) groups excluding carboxylic acids is 2. The lowest BCUT2D eigenvalue weighted by atomic mass is 9.97. The second-order valence-corrected chi connectivity index (χ2v) is 7.85. The third kappa shape index (κ3) is 5.39. The van der Waals surface area contributed by atoms with Crippen molar-refractivity contribution in [2.24, 2.45) is 5.92 Å². The first-order valence-corrected chi connectivity index (χ1v) is 10.4. The zero-order valence-electron chi connectivity index (χ0n) is 15.9. The molecule has 1 amide bonds. The van der Waals surface area contributed by atoms with Gasteiger partial charge in [0.05, 0.1) is 25.1 Å². The summed E-state index contributed by atoms with van der Waals surface area (Å²) in [5.41, 5.74) is 0.846. The van der Waals surface area contributed by atoms with E-state index in [0.29, 0.717) is 32.5 Å². The average molecular weight is 405 g/mol. The minimum atomic E-state index is -0.301. The highest BCUT2D eigenvalue weighted by Crippen LogP contribution is 2.26. The first-order chi connectivity index (χ1) is 13.6. The lowest BCUT2D eigenvalue weighted by molar-refractivity contribution is -0.149. The Hall–Kier alpha value is -2.25. The maximum Gasteiger partial charge on any atom is 0.309 e. The molecule has 0 spiro atoms. The summed E-state index contributed by atoms with van der Waals surface area (Å²) in [6.07, 6.45) is 1.41. The standard InChI is InChI=1S/C21H25FN2O3S/c1-2-27-21(26)16-9-11-24(12-10-16)14-19(25)23-20(18-4-3-13-28-18)15-5-7-17(22)8-6-15/h3-8,13,16,20H,2,9-12,14H2,1H3,(H,23,25). The van der Waals surface area contributed by atoms with Crippen LogP contribution < -0.4 is 5.32 Å². The molecule has 0 radical (unpaired) electrons. The van der Waals surface area contributed by atoms with Gasteiger partial charge in [-0.25, -0.2) is 4.39 Å². The largest absolute Gasteiger partial charge is 0.466 e. The lowest BCUT2D eigenvalue weighted by Crippen LogP contribution is -2.43. The van der Waals surface area contributed by atoms with E-state index in [1.165, 1.54) is 12.1 Å². The number of benzene rings is 1. The summed E-state index contributed by atoms with van der Waals surface area (Å²) in [7, 11) is 0. The van der Waals surface area contributed by atoms with E-state index < -0.39 is 0 Å². The van der Waals surface area contributed by atoms with E-state index in [4.69, 9.17) is 4.74 Å². The summed E-state index contributed by atoms with van der Waals surface area (Å²) < 4.78 is 18.4. The van der Waals surface area contributed by atoms with Crippen LogP contribution in [0.15, 0.2) is 41.8 Å². The smallest absolute Gasteiger partial charge is 0.309 e. The van der Waals surface area contributed by atoms with Gasteiger partial charge < -0.3 is 10.1 Å². The third-order valence-electron chi connectivity index (χ3n) is 4.91. The monoisotopic (exact) mass is 404 g/mol. The van der Waals surface area contributed by atoms with E-state index in [9.17, 15) is 14.0 Å². The van der Waals surface area contributed by atoms with Gasteiger partial charge in [-0.15, -0.1) is 11.3 Å². The molecule has 1 aromatic carbocycles. The molecule has 1 unspecified atom stereocenters. The van der Waals surface area contributed by atoms with Crippen LogP contribution in [-0.2, 0) is 14.3 Å².